The Morgan fingerprint density at radius 3 is 2.39 bits per heavy atom. The molecule has 1 unspecified atom stereocenters. The van der Waals surface area contributed by atoms with Crippen molar-refractivity contribution in [3.05, 3.63) is 102 Å². The Balaban J connectivity index is 1.53. The minimum absolute atomic E-state index is 0.175. The maximum absolute atomic E-state index is 12.5. The number of aromatic nitrogens is 1. The Bertz CT molecular complexity index is 1140. The predicted octanol–water partition coefficient (Wildman–Crippen LogP) is 5.09. The van der Waals surface area contributed by atoms with Gasteiger partial charge in [-0.1, -0.05) is 48.5 Å². The topological polar surface area (TPSA) is 68.0 Å². The summed E-state index contributed by atoms with van der Waals surface area (Å²) in [6, 6.07) is 26.6. The van der Waals surface area contributed by atoms with E-state index in [4.69, 9.17) is 23.3 Å². The first-order chi connectivity index (χ1) is 13.6. The largest absolute Gasteiger partial charge is 0.397 e. The van der Waals surface area contributed by atoms with Gasteiger partial charge in [-0.25, -0.2) is 0 Å². The molecule has 1 heterocycles. The average molecular weight is 385 g/mol. The third kappa shape index (κ3) is 3.70. The highest BCUT2D eigenvalue weighted by atomic mass is 32.1. The summed E-state index contributed by atoms with van der Waals surface area (Å²) in [5.74, 6) is -0.205. The van der Waals surface area contributed by atoms with Gasteiger partial charge in [0.1, 0.15) is 0 Å². The number of nitrogens with zero attached hydrogens (tertiary/aromatic N) is 1. The first-order valence-corrected chi connectivity index (χ1v) is 9.43. The third-order valence-corrected chi connectivity index (χ3v) is 5.16. The molecular formula is C23H19N3OS. The second kappa shape index (κ2) is 7.74. The fourth-order valence-electron chi connectivity index (χ4n) is 3.03. The lowest BCUT2D eigenvalue weighted by Crippen LogP contribution is -2.13. The molecule has 0 bridgehead atoms. The molecule has 3 aromatic carbocycles. The Kier molecular flexibility index (Phi) is 5.00. The molecule has 0 saturated heterocycles. The van der Waals surface area contributed by atoms with Crippen molar-refractivity contribution in [1.82, 2.24) is 4.98 Å². The number of thiol groups is 1. The molecular weight excluding hydrogens is 366 g/mol. The molecule has 4 aromatic rings. The normalized spacial score (nSPS) is 11.9. The molecule has 138 valence electrons. The fraction of sp³-hybridized carbons (Fsp3) is 0.0435. The van der Waals surface area contributed by atoms with Gasteiger partial charge in [0.05, 0.1) is 27.8 Å². The van der Waals surface area contributed by atoms with Crippen LogP contribution in [0.15, 0.2) is 84.9 Å². The van der Waals surface area contributed by atoms with Gasteiger partial charge in [0.15, 0.2) is 0 Å². The highest BCUT2D eigenvalue weighted by Crippen LogP contribution is 2.28. The molecule has 0 aliphatic carbocycles. The number of benzene rings is 3. The van der Waals surface area contributed by atoms with Gasteiger partial charge in [-0.3, -0.25) is 9.78 Å². The van der Waals surface area contributed by atoms with Crippen LogP contribution < -0.4 is 11.1 Å². The minimum atomic E-state index is -0.205. The standard InChI is InChI=1S/C23H19N3OS/c24-18-6-2-4-8-20(18)26-23(27)17-11-9-16(10-12-17)22(28)21-14-13-15-5-1-3-7-19(15)25-21/h1-14,22,28H,24H2,(H,26,27). The number of fused-ring (bicyclic) bond motifs is 1. The quantitative estimate of drug-likeness (QED) is 0.339. The minimum Gasteiger partial charge on any atom is -0.397 e. The number of hydrogen-bond acceptors (Lipinski definition) is 4. The van der Waals surface area contributed by atoms with Crippen molar-refractivity contribution in [2.75, 3.05) is 11.1 Å². The lowest BCUT2D eigenvalue weighted by Gasteiger charge is -2.13. The Morgan fingerprint density at radius 1 is 0.893 bits per heavy atom. The van der Waals surface area contributed by atoms with Crippen molar-refractivity contribution < 1.29 is 4.79 Å². The van der Waals surface area contributed by atoms with Crippen LogP contribution in [0, 0.1) is 0 Å². The van der Waals surface area contributed by atoms with E-state index in [1.54, 1.807) is 24.3 Å². The second-order valence-electron chi connectivity index (χ2n) is 6.49. The SMILES string of the molecule is Nc1ccccc1NC(=O)c1ccc(C(S)c2ccc3ccccc3n2)cc1. The average Bonchev–Trinajstić information content (AvgIpc) is 2.74. The van der Waals surface area contributed by atoms with Crippen LogP contribution in [-0.2, 0) is 0 Å². The molecule has 1 amide bonds. The predicted molar refractivity (Wildman–Crippen MR) is 118 cm³/mol. The molecule has 0 spiro atoms. The summed E-state index contributed by atoms with van der Waals surface area (Å²) in [5.41, 5.74) is 10.4. The monoisotopic (exact) mass is 385 g/mol. The lowest BCUT2D eigenvalue weighted by atomic mass is 10.0. The number of pyridine rings is 1. The number of nitrogens with one attached hydrogen (secondary N) is 1. The summed E-state index contributed by atoms with van der Waals surface area (Å²) >= 11 is 4.73. The number of rotatable bonds is 4. The number of nitrogen functional groups attached to an aromatic ring is 1. The maximum Gasteiger partial charge on any atom is 0.255 e. The number of anilines is 2. The molecule has 4 nitrogen and oxygen atoms in total. The van der Waals surface area contributed by atoms with Crippen LogP contribution in [0.1, 0.15) is 26.9 Å². The van der Waals surface area contributed by atoms with E-state index in [0.717, 1.165) is 22.2 Å². The highest BCUT2D eigenvalue weighted by Gasteiger charge is 2.13. The van der Waals surface area contributed by atoms with Crippen molar-refractivity contribution in [3.8, 4) is 0 Å². The van der Waals surface area contributed by atoms with E-state index in [-0.39, 0.29) is 11.2 Å². The molecule has 0 fully saturated rings. The summed E-state index contributed by atoms with van der Waals surface area (Å²) in [6.07, 6.45) is 0. The van der Waals surface area contributed by atoms with Gasteiger partial charge < -0.3 is 11.1 Å². The van der Waals surface area contributed by atoms with Crippen molar-refractivity contribution in [1.29, 1.82) is 0 Å². The number of amides is 1. The van der Waals surface area contributed by atoms with E-state index in [9.17, 15) is 4.79 Å². The zero-order chi connectivity index (χ0) is 19.5. The molecule has 0 saturated carbocycles. The Labute approximate surface area is 168 Å². The molecule has 28 heavy (non-hydrogen) atoms. The van der Waals surface area contributed by atoms with Crippen LogP contribution in [0.3, 0.4) is 0 Å². The van der Waals surface area contributed by atoms with E-state index in [1.807, 2.05) is 60.7 Å². The van der Waals surface area contributed by atoms with Crippen LogP contribution in [0.25, 0.3) is 10.9 Å². The van der Waals surface area contributed by atoms with Gasteiger partial charge in [-0.15, -0.1) is 0 Å². The van der Waals surface area contributed by atoms with Gasteiger partial charge >= 0.3 is 0 Å². The molecule has 0 aliphatic rings. The zero-order valence-corrected chi connectivity index (χ0v) is 15.9. The van der Waals surface area contributed by atoms with E-state index in [1.165, 1.54) is 0 Å². The number of carbonyl (C=O) groups is 1. The van der Waals surface area contributed by atoms with E-state index < -0.39 is 0 Å². The van der Waals surface area contributed by atoms with Gasteiger partial charge in [-0.05, 0) is 42.0 Å². The number of para-hydroxylation sites is 3. The lowest BCUT2D eigenvalue weighted by molar-refractivity contribution is 0.102. The summed E-state index contributed by atoms with van der Waals surface area (Å²) in [4.78, 5) is 17.2. The van der Waals surface area contributed by atoms with Gasteiger partial charge in [0.25, 0.3) is 5.91 Å². The number of carbonyl (C=O) groups excluding carboxylic acids is 1. The summed E-state index contributed by atoms with van der Waals surface area (Å²) < 4.78 is 0. The van der Waals surface area contributed by atoms with Gasteiger partial charge in [0.2, 0.25) is 0 Å². The van der Waals surface area contributed by atoms with Crippen LogP contribution in [0.4, 0.5) is 11.4 Å². The van der Waals surface area contributed by atoms with Crippen molar-refractivity contribution in [2.24, 2.45) is 0 Å². The van der Waals surface area contributed by atoms with Crippen LogP contribution in [0.2, 0.25) is 0 Å². The van der Waals surface area contributed by atoms with Crippen LogP contribution in [-0.4, -0.2) is 10.9 Å². The maximum atomic E-state index is 12.5. The van der Waals surface area contributed by atoms with Crippen LogP contribution >= 0.6 is 12.6 Å². The molecule has 1 aromatic heterocycles. The van der Waals surface area contributed by atoms with E-state index in [0.29, 0.717) is 16.9 Å². The van der Waals surface area contributed by atoms with Crippen LogP contribution in [0.5, 0.6) is 0 Å². The smallest absolute Gasteiger partial charge is 0.255 e. The Hall–Kier alpha value is -3.31. The summed E-state index contributed by atoms with van der Waals surface area (Å²) in [6.45, 7) is 0. The van der Waals surface area contributed by atoms with E-state index in [2.05, 4.69) is 5.32 Å². The first kappa shape index (κ1) is 18.1. The molecule has 4 rings (SSSR count). The Morgan fingerprint density at radius 2 is 1.61 bits per heavy atom. The highest BCUT2D eigenvalue weighted by molar-refractivity contribution is 7.80. The molecule has 5 heteroatoms. The molecule has 1 atom stereocenters. The van der Waals surface area contributed by atoms with Crippen molar-refractivity contribution in [3.63, 3.8) is 0 Å². The summed E-state index contributed by atoms with van der Waals surface area (Å²) in [7, 11) is 0. The van der Waals surface area contributed by atoms with Gasteiger partial charge in [-0.2, -0.15) is 12.6 Å². The second-order valence-corrected chi connectivity index (χ2v) is 7.01. The summed E-state index contributed by atoms with van der Waals surface area (Å²) in [5, 5.41) is 3.75. The number of hydrogen-bond donors (Lipinski definition) is 3. The molecule has 3 N–H and O–H groups in total. The fourth-order valence-corrected chi connectivity index (χ4v) is 3.34. The van der Waals surface area contributed by atoms with Crippen molar-refractivity contribution >= 4 is 40.8 Å². The number of nitrogens with two attached hydrogens (primary N) is 1. The van der Waals surface area contributed by atoms with E-state index >= 15 is 0 Å². The molecule has 0 aliphatic heterocycles. The van der Waals surface area contributed by atoms with Crippen molar-refractivity contribution in [2.45, 2.75) is 5.25 Å². The zero-order valence-electron chi connectivity index (χ0n) is 15.0. The molecule has 0 radical (unpaired) electrons. The first-order valence-electron chi connectivity index (χ1n) is 8.91. The third-order valence-electron chi connectivity index (χ3n) is 4.60. The van der Waals surface area contributed by atoms with Gasteiger partial charge in [0, 0.05) is 10.9 Å².